The van der Waals surface area contributed by atoms with Gasteiger partial charge in [-0.3, -0.25) is 0 Å². The van der Waals surface area contributed by atoms with Gasteiger partial charge < -0.3 is 5.73 Å². The SMILES string of the molecule is NCC1CCCc2sc(-c3ccc(F)c(Br)c3)nc21. The average Bonchev–Trinajstić information content (AvgIpc) is 2.85. The first-order valence-corrected chi connectivity index (χ1v) is 7.95. The Kier molecular flexibility index (Phi) is 3.69. The lowest BCUT2D eigenvalue weighted by atomic mass is 9.91. The molecule has 1 atom stereocenters. The second-order valence-corrected chi connectivity index (χ2v) is 6.72. The first-order chi connectivity index (χ1) is 9.19. The van der Waals surface area contributed by atoms with Gasteiger partial charge in [-0.05, 0) is 53.4 Å². The van der Waals surface area contributed by atoms with Gasteiger partial charge in [0.15, 0.2) is 0 Å². The molecule has 100 valence electrons. The summed E-state index contributed by atoms with van der Waals surface area (Å²) in [4.78, 5) is 6.08. The highest BCUT2D eigenvalue weighted by molar-refractivity contribution is 9.10. The predicted octanol–water partition coefficient (Wildman–Crippen LogP) is 4.09. The van der Waals surface area contributed by atoms with E-state index in [-0.39, 0.29) is 5.82 Å². The molecule has 0 fully saturated rings. The third-order valence-electron chi connectivity index (χ3n) is 3.52. The molecule has 19 heavy (non-hydrogen) atoms. The number of fused-ring (bicyclic) bond motifs is 1. The van der Waals surface area contributed by atoms with E-state index in [1.165, 1.54) is 17.4 Å². The second-order valence-electron chi connectivity index (χ2n) is 4.78. The molecule has 2 aromatic rings. The van der Waals surface area contributed by atoms with Crippen molar-refractivity contribution in [3.05, 3.63) is 39.1 Å². The third-order valence-corrected chi connectivity index (χ3v) is 5.31. The number of thiazole rings is 1. The van der Waals surface area contributed by atoms with Crippen molar-refractivity contribution < 1.29 is 4.39 Å². The number of nitrogens with two attached hydrogens (primary N) is 1. The van der Waals surface area contributed by atoms with E-state index >= 15 is 0 Å². The van der Waals surface area contributed by atoms with E-state index in [2.05, 4.69) is 15.9 Å². The van der Waals surface area contributed by atoms with Gasteiger partial charge in [-0.15, -0.1) is 11.3 Å². The Morgan fingerprint density at radius 1 is 1.47 bits per heavy atom. The fourth-order valence-electron chi connectivity index (χ4n) is 2.49. The van der Waals surface area contributed by atoms with Crippen LogP contribution in [0.1, 0.15) is 29.3 Å². The lowest BCUT2D eigenvalue weighted by Crippen LogP contribution is -2.17. The van der Waals surface area contributed by atoms with Crippen LogP contribution in [0.4, 0.5) is 4.39 Å². The number of hydrogen-bond donors (Lipinski definition) is 1. The molecule has 0 spiro atoms. The summed E-state index contributed by atoms with van der Waals surface area (Å²) >= 11 is 4.93. The molecule has 0 saturated heterocycles. The van der Waals surface area contributed by atoms with Crippen LogP contribution in [-0.4, -0.2) is 11.5 Å². The molecule has 0 aliphatic heterocycles. The summed E-state index contributed by atoms with van der Waals surface area (Å²) < 4.78 is 13.8. The molecule has 1 aliphatic carbocycles. The van der Waals surface area contributed by atoms with Gasteiger partial charge in [-0.25, -0.2) is 9.37 Å². The Labute approximate surface area is 124 Å². The molecular formula is C14H14BrFN2S. The molecule has 1 aromatic heterocycles. The fraction of sp³-hybridized carbons (Fsp3) is 0.357. The van der Waals surface area contributed by atoms with Crippen LogP contribution in [0.15, 0.2) is 22.7 Å². The summed E-state index contributed by atoms with van der Waals surface area (Å²) in [6.07, 6.45) is 3.40. The van der Waals surface area contributed by atoms with E-state index < -0.39 is 0 Å². The molecule has 0 saturated carbocycles. The minimum absolute atomic E-state index is 0.245. The molecule has 2 nitrogen and oxygen atoms in total. The molecular weight excluding hydrogens is 327 g/mol. The monoisotopic (exact) mass is 340 g/mol. The maximum absolute atomic E-state index is 13.3. The predicted molar refractivity (Wildman–Crippen MR) is 79.9 cm³/mol. The Morgan fingerprint density at radius 3 is 3.05 bits per heavy atom. The quantitative estimate of drug-likeness (QED) is 0.894. The van der Waals surface area contributed by atoms with Crippen molar-refractivity contribution >= 4 is 27.3 Å². The zero-order valence-electron chi connectivity index (χ0n) is 10.3. The summed E-state index contributed by atoms with van der Waals surface area (Å²) in [6.45, 7) is 0.656. The molecule has 1 aliphatic rings. The number of rotatable bonds is 2. The molecule has 1 aromatic carbocycles. The average molecular weight is 341 g/mol. The topological polar surface area (TPSA) is 38.9 Å². The van der Waals surface area contributed by atoms with Crippen molar-refractivity contribution in [1.29, 1.82) is 0 Å². The minimum Gasteiger partial charge on any atom is -0.330 e. The van der Waals surface area contributed by atoms with Gasteiger partial charge in [-0.2, -0.15) is 0 Å². The van der Waals surface area contributed by atoms with Crippen molar-refractivity contribution in [3.8, 4) is 10.6 Å². The Morgan fingerprint density at radius 2 is 2.32 bits per heavy atom. The number of benzene rings is 1. The summed E-state index contributed by atoms with van der Waals surface area (Å²) in [5.41, 5.74) is 7.94. The van der Waals surface area contributed by atoms with E-state index in [9.17, 15) is 4.39 Å². The molecule has 5 heteroatoms. The van der Waals surface area contributed by atoms with Crippen LogP contribution in [0.2, 0.25) is 0 Å². The first kappa shape index (κ1) is 13.2. The molecule has 1 unspecified atom stereocenters. The molecule has 2 N–H and O–H groups in total. The maximum atomic E-state index is 13.3. The maximum Gasteiger partial charge on any atom is 0.137 e. The molecule has 0 radical (unpaired) electrons. The van der Waals surface area contributed by atoms with Crippen LogP contribution in [0.3, 0.4) is 0 Å². The van der Waals surface area contributed by atoms with E-state index in [1.54, 1.807) is 23.5 Å². The second kappa shape index (κ2) is 5.31. The van der Waals surface area contributed by atoms with Crippen molar-refractivity contribution in [3.63, 3.8) is 0 Å². The lowest BCUT2D eigenvalue weighted by molar-refractivity contribution is 0.554. The summed E-state index contributed by atoms with van der Waals surface area (Å²) in [6, 6.07) is 5.04. The summed E-state index contributed by atoms with van der Waals surface area (Å²) in [5.74, 6) is 0.141. The van der Waals surface area contributed by atoms with E-state index in [0.29, 0.717) is 16.9 Å². The van der Waals surface area contributed by atoms with Crippen LogP contribution in [0.5, 0.6) is 0 Å². The van der Waals surface area contributed by atoms with Crippen LogP contribution >= 0.6 is 27.3 Å². The highest BCUT2D eigenvalue weighted by Crippen LogP contribution is 2.38. The Bertz CT molecular complexity index is 611. The van der Waals surface area contributed by atoms with Gasteiger partial charge >= 0.3 is 0 Å². The van der Waals surface area contributed by atoms with E-state index in [0.717, 1.165) is 29.1 Å². The zero-order chi connectivity index (χ0) is 13.4. The number of aromatic nitrogens is 1. The fourth-order valence-corrected chi connectivity index (χ4v) is 4.05. The van der Waals surface area contributed by atoms with Crippen molar-refractivity contribution in [2.75, 3.05) is 6.54 Å². The summed E-state index contributed by atoms with van der Waals surface area (Å²) in [7, 11) is 0. The van der Waals surface area contributed by atoms with Gasteiger partial charge in [0.05, 0.1) is 10.2 Å². The molecule has 3 rings (SSSR count). The lowest BCUT2D eigenvalue weighted by Gasteiger charge is -2.18. The van der Waals surface area contributed by atoms with Gasteiger partial charge in [-0.1, -0.05) is 0 Å². The van der Waals surface area contributed by atoms with Crippen molar-refractivity contribution in [1.82, 2.24) is 4.98 Å². The zero-order valence-corrected chi connectivity index (χ0v) is 12.7. The molecule has 1 heterocycles. The van der Waals surface area contributed by atoms with Crippen LogP contribution in [-0.2, 0) is 6.42 Å². The molecule has 0 bridgehead atoms. The van der Waals surface area contributed by atoms with Crippen LogP contribution in [0, 0.1) is 5.82 Å². The van der Waals surface area contributed by atoms with Gasteiger partial charge in [0.1, 0.15) is 10.8 Å². The van der Waals surface area contributed by atoms with Crippen molar-refractivity contribution in [2.45, 2.75) is 25.2 Å². The van der Waals surface area contributed by atoms with Crippen molar-refractivity contribution in [2.24, 2.45) is 5.73 Å². The van der Waals surface area contributed by atoms with E-state index in [1.807, 2.05) is 0 Å². The molecule has 0 amide bonds. The first-order valence-electron chi connectivity index (χ1n) is 6.34. The number of halogens is 2. The minimum atomic E-state index is -0.245. The normalized spacial score (nSPS) is 18.4. The Hall–Kier alpha value is -0.780. The highest BCUT2D eigenvalue weighted by atomic mass is 79.9. The third kappa shape index (κ3) is 2.47. The standard InChI is InChI=1S/C14H14BrFN2S/c15-10-6-8(4-5-11(10)16)14-18-13-9(7-17)2-1-3-12(13)19-14/h4-6,9H,1-3,7,17H2. The van der Waals surface area contributed by atoms with Crippen LogP contribution < -0.4 is 5.73 Å². The van der Waals surface area contributed by atoms with Crippen LogP contribution in [0.25, 0.3) is 10.6 Å². The summed E-state index contributed by atoms with van der Waals surface area (Å²) in [5, 5.41) is 0.964. The Balaban J connectivity index is 2.02. The smallest absolute Gasteiger partial charge is 0.137 e. The highest BCUT2D eigenvalue weighted by Gasteiger charge is 2.24. The van der Waals surface area contributed by atoms with Gasteiger partial charge in [0.2, 0.25) is 0 Å². The number of hydrogen-bond acceptors (Lipinski definition) is 3. The number of nitrogens with zero attached hydrogens (tertiary/aromatic N) is 1. The number of aryl methyl sites for hydroxylation is 1. The van der Waals surface area contributed by atoms with Gasteiger partial charge in [0, 0.05) is 22.9 Å². The largest absolute Gasteiger partial charge is 0.330 e. The van der Waals surface area contributed by atoms with Gasteiger partial charge in [0.25, 0.3) is 0 Å². The van der Waals surface area contributed by atoms with E-state index in [4.69, 9.17) is 10.7 Å².